The van der Waals surface area contributed by atoms with E-state index in [2.05, 4.69) is 38.9 Å². The van der Waals surface area contributed by atoms with E-state index in [9.17, 15) is 14.4 Å². The van der Waals surface area contributed by atoms with Gasteiger partial charge in [0.2, 0.25) is 0 Å². The number of unbranched alkanes of at least 4 members (excludes halogenated alkanes) is 3. The van der Waals surface area contributed by atoms with Gasteiger partial charge in [0.15, 0.2) is 12.4 Å². The zero-order chi connectivity index (χ0) is 29.7. The molecule has 2 heterocycles. The summed E-state index contributed by atoms with van der Waals surface area (Å²) < 4.78 is 21.8. The van der Waals surface area contributed by atoms with Crippen LogP contribution < -0.4 is 21.3 Å². The Bertz CT molecular complexity index is 964. The Morgan fingerprint density at radius 3 is 2.25 bits per heavy atom. The molecule has 0 fully saturated rings. The normalized spacial score (nSPS) is 18.4. The summed E-state index contributed by atoms with van der Waals surface area (Å²) >= 11 is 9.59. The quantitative estimate of drug-likeness (QED) is 0.0532. The van der Waals surface area contributed by atoms with Gasteiger partial charge in [-0.1, -0.05) is 25.1 Å². The van der Waals surface area contributed by atoms with Crippen LogP contribution in [0.2, 0.25) is 0 Å². The van der Waals surface area contributed by atoms with Gasteiger partial charge in [-0.25, -0.2) is 4.99 Å². The lowest BCUT2D eigenvalue weighted by molar-refractivity contribution is -0.186. The van der Waals surface area contributed by atoms with E-state index < -0.39 is 36.3 Å². The van der Waals surface area contributed by atoms with Crippen LogP contribution in [0.4, 0.5) is 0 Å². The first-order chi connectivity index (χ1) is 19.0. The van der Waals surface area contributed by atoms with Gasteiger partial charge in [0.05, 0.1) is 11.7 Å². The van der Waals surface area contributed by atoms with E-state index in [1.54, 1.807) is 0 Å². The van der Waals surface area contributed by atoms with Gasteiger partial charge in [-0.2, -0.15) is 0 Å². The lowest BCUT2D eigenvalue weighted by atomic mass is 10.2. The Hall–Kier alpha value is -2.62. The number of rotatable bonds is 17. The second kappa shape index (κ2) is 17.3. The number of hydrogen-bond acceptors (Lipinski definition) is 13. The summed E-state index contributed by atoms with van der Waals surface area (Å²) in [5, 5.41) is 13.7. The molecule has 40 heavy (non-hydrogen) atoms. The average molecular weight is 603 g/mol. The summed E-state index contributed by atoms with van der Waals surface area (Å²) in [5.41, 5.74) is 0.728. The van der Waals surface area contributed by atoms with Crippen molar-refractivity contribution in [1.29, 1.82) is 0 Å². The molecule has 2 aliphatic heterocycles. The number of hydrogen-bond donors (Lipinski definition) is 5. The molecule has 13 nitrogen and oxygen atoms in total. The minimum Gasteiger partial charge on any atom is -0.463 e. The highest BCUT2D eigenvalue weighted by molar-refractivity contribution is 7.97. The first-order valence-corrected chi connectivity index (χ1v) is 14.2. The van der Waals surface area contributed by atoms with Crippen LogP contribution in [0.15, 0.2) is 16.5 Å². The lowest BCUT2D eigenvalue weighted by Gasteiger charge is -2.35. The Balaban J connectivity index is 1.98. The summed E-state index contributed by atoms with van der Waals surface area (Å²) in [6.45, 7) is 9.05. The first kappa shape index (κ1) is 33.6. The fraction of sp³-hybridized carbons (Fsp3) is 0.720. The van der Waals surface area contributed by atoms with Crippen LogP contribution in [-0.2, 0) is 33.3 Å². The molecule has 0 aliphatic carbocycles. The second-order valence-electron chi connectivity index (χ2n) is 9.41. The maximum atomic E-state index is 11.7. The maximum Gasteiger partial charge on any atom is 0.303 e. The topological polar surface area (TPSA) is 152 Å². The van der Waals surface area contributed by atoms with Gasteiger partial charge >= 0.3 is 17.9 Å². The Labute approximate surface area is 246 Å². The zero-order valence-electron chi connectivity index (χ0n) is 23.8. The number of thiocarbonyl (C=S) groups is 1. The number of aliphatic imine (C=N–C) groups is 1. The smallest absolute Gasteiger partial charge is 0.303 e. The molecule has 0 aromatic heterocycles. The molecule has 4 N–H and O–H groups in total. The van der Waals surface area contributed by atoms with Crippen molar-refractivity contribution < 1.29 is 33.3 Å². The van der Waals surface area contributed by atoms with Gasteiger partial charge < -0.3 is 39.8 Å². The fourth-order valence-corrected chi connectivity index (χ4v) is 4.47. The van der Waals surface area contributed by atoms with Crippen molar-refractivity contribution in [1.82, 2.24) is 26.2 Å². The van der Waals surface area contributed by atoms with Crippen molar-refractivity contribution in [3.8, 4) is 0 Å². The van der Waals surface area contributed by atoms with Crippen molar-refractivity contribution in [3.63, 3.8) is 0 Å². The number of nitrogens with one attached hydrogen (secondary N) is 4. The highest BCUT2D eigenvalue weighted by Crippen LogP contribution is 2.24. The van der Waals surface area contributed by atoms with Crippen molar-refractivity contribution in [3.05, 3.63) is 11.5 Å². The number of carbonyl (C=O) groups is 3. The van der Waals surface area contributed by atoms with Crippen LogP contribution >= 0.6 is 24.8 Å². The van der Waals surface area contributed by atoms with E-state index in [-0.39, 0.29) is 19.5 Å². The van der Waals surface area contributed by atoms with Crippen molar-refractivity contribution in [2.24, 2.45) is 4.99 Å². The van der Waals surface area contributed by atoms with E-state index in [1.807, 2.05) is 18.7 Å². The van der Waals surface area contributed by atoms with E-state index in [0.29, 0.717) is 11.7 Å². The molecule has 15 heteroatoms. The number of nitrogens with zero attached hydrogens (tertiary/aromatic N) is 2. The van der Waals surface area contributed by atoms with Gasteiger partial charge in [0.1, 0.15) is 42.1 Å². The highest BCUT2D eigenvalue weighted by atomic mass is 32.1. The van der Waals surface area contributed by atoms with E-state index >= 15 is 0 Å². The zero-order valence-corrected chi connectivity index (χ0v) is 25.5. The lowest BCUT2D eigenvalue weighted by Crippen LogP contribution is -2.50. The monoisotopic (exact) mass is 602 g/mol. The van der Waals surface area contributed by atoms with Gasteiger partial charge in [0.25, 0.3) is 0 Å². The SMILES string of the molecule is CC(=O)OC[C@@H](OC(C)=O)[C@@H](COC(C)=O)OC(C)N1CNC2=C1NC(NCCCCCCNC(C)=S)N=C2S. The molecule has 0 amide bonds. The fourth-order valence-electron chi connectivity index (χ4n) is 4.06. The molecule has 0 spiro atoms. The number of carbonyl (C=O) groups excluding carboxylic acids is 3. The molecule has 0 aromatic rings. The van der Waals surface area contributed by atoms with E-state index in [0.717, 1.165) is 55.3 Å². The summed E-state index contributed by atoms with van der Waals surface area (Å²) in [7, 11) is 0. The van der Waals surface area contributed by atoms with Gasteiger partial charge in [-0.3, -0.25) is 19.7 Å². The summed E-state index contributed by atoms with van der Waals surface area (Å²) in [6.07, 6.45) is 1.41. The van der Waals surface area contributed by atoms with Crippen LogP contribution in [0, 0.1) is 0 Å². The second-order valence-corrected chi connectivity index (χ2v) is 10.4. The molecular weight excluding hydrogens is 560 g/mol. The third-order valence-electron chi connectivity index (χ3n) is 5.96. The Morgan fingerprint density at radius 2 is 1.65 bits per heavy atom. The van der Waals surface area contributed by atoms with Crippen LogP contribution in [0.3, 0.4) is 0 Å². The van der Waals surface area contributed by atoms with Crippen molar-refractivity contribution in [2.45, 2.75) is 85.0 Å². The molecule has 2 unspecified atom stereocenters. The van der Waals surface area contributed by atoms with Crippen LogP contribution in [-0.4, -0.2) is 90.5 Å². The molecule has 226 valence electrons. The average Bonchev–Trinajstić information content (AvgIpc) is 3.30. The third-order valence-corrected chi connectivity index (χ3v) is 6.44. The van der Waals surface area contributed by atoms with Crippen LogP contribution in [0.25, 0.3) is 0 Å². The van der Waals surface area contributed by atoms with Gasteiger partial charge in [-0.15, -0.1) is 12.6 Å². The maximum absolute atomic E-state index is 11.7. The van der Waals surface area contributed by atoms with Crippen LogP contribution in [0.5, 0.6) is 0 Å². The molecule has 0 aromatic carbocycles. The standard InChI is InChI=1S/C25H42N6O7S2/c1-15(39)26-10-8-6-7-9-11-27-25-29-23-22(24(40)30-25)28-14-31(23)16(2)37-20(12-35-17(3)32)21(38-19(5)34)13-36-18(4)33/h16,20-21,25,27-29H,6-14H2,1-5H3,(H,26,39)(H,30,40)/t16?,20-,21-,25?/m1/s1. The van der Waals surface area contributed by atoms with Crippen LogP contribution in [0.1, 0.15) is 60.3 Å². The van der Waals surface area contributed by atoms with E-state index in [1.165, 1.54) is 20.8 Å². The van der Waals surface area contributed by atoms with E-state index in [4.69, 9.17) is 31.2 Å². The summed E-state index contributed by atoms with van der Waals surface area (Å²) in [6, 6.07) is 0. The molecular formula is C25H42N6O7S2. The summed E-state index contributed by atoms with van der Waals surface area (Å²) in [4.78, 5) is 42.0. The predicted molar refractivity (Wildman–Crippen MR) is 156 cm³/mol. The number of thiol groups is 1. The molecule has 2 rings (SSSR count). The Kier molecular flexibility index (Phi) is 14.5. The molecule has 4 atom stereocenters. The number of esters is 3. The molecule has 0 bridgehead atoms. The first-order valence-electron chi connectivity index (χ1n) is 13.3. The minimum absolute atomic E-state index is 0.204. The van der Waals surface area contributed by atoms with Crippen molar-refractivity contribution >= 4 is 52.8 Å². The molecule has 0 saturated heterocycles. The van der Waals surface area contributed by atoms with Gasteiger partial charge in [-0.05, 0) is 33.2 Å². The van der Waals surface area contributed by atoms with Crippen molar-refractivity contribution in [2.75, 3.05) is 33.0 Å². The third kappa shape index (κ3) is 11.9. The molecule has 0 saturated carbocycles. The predicted octanol–water partition coefficient (Wildman–Crippen LogP) is 1.11. The largest absolute Gasteiger partial charge is 0.463 e. The van der Waals surface area contributed by atoms with Gasteiger partial charge in [0, 0.05) is 27.3 Å². The summed E-state index contributed by atoms with van der Waals surface area (Å²) in [5.74, 6) is -0.918. The highest BCUT2D eigenvalue weighted by Gasteiger charge is 2.36. The molecule has 0 radical (unpaired) electrons. The minimum atomic E-state index is -0.989. The Morgan fingerprint density at radius 1 is 1.02 bits per heavy atom. The number of ether oxygens (including phenoxy) is 4. The molecule has 2 aliphatic rings.